The second kappa shape index (κ2) is 7.16. The minimum Gasteiger partial charge on any atom is -0.396 e. The quantitative estimate of drug-likeness (QED) is 0.821. The van der Waals surface area contributed by atoms with Crippen molar-refractivity contribution in [1.82, 2.24) is 15.1 Å². The third kappa shape index (κ3) is 3.50. The molecule has 0 amide bonds. The van der Waals surface area contributed by atoms with Crippen molar-refractivity contribution in [1.29, 1.82) is 5.26 Å². The molecule has 5 nitrogen and oxygen atoms in total. The Balaban J connectivity index is 1.77. The lowest BCUT2D eigenvalue weighted by Gasteiger charge is -2.22. The van der Waals surface area contributed by atoms with E-state index < -0.39 is 0 Å². The van der Waals surface area contributed by atoms with Crippen LogP contribution >= 0.6 is 0 Å². The minimum atomic E-state index is 0.189. The smallest absolute Gasteiger partial charge is 0.0991 e. The highest BCUT2D eigenvalue weighted by Crippen LogP contribution is 2.35. The van der Waals surface area contributed by atoms with E-state index in [0.717, 1.165) is 17.8 Å². The number of aromatic nitrogens is 2. The Hall–Kier alpha value is -2.16. The van der Waals surface area contributed by atoms with Crippen molar-refractivity contribution in [2.24, 2.45) is 5.92 Å². The first-order chi connectivity index (χ1) is 11.6. The molecule has 2 unspecified atom stereocenters. The van der Waals surface area contributed by atoms with E-state index in [2.05, 4.69) is 30.3 Å². The van der Waals surface area contributed by atoms with E-state index in [4.69, 9.17) is 5.26 Å². The molecule has 1 fully saturated rings. The van der Waals surface area contributed by atoms with E-state index in [-0.39, 0.29) is 12.6 Å². The number of aliphatic hydroxyl groups excluding tert-OH is 1. The molecule has 1 saturated carbocycles. The molecule has 0 radical (unpaired) electrons. The van der Waals surface area contributed by atoms with Gasteiger partial charge in [0.15, 0.2) is 0 Å². The van der Waals surface area contributed by atoms with Crippen LogP contribution in [0.2, 0.25) is 0 Å². The average Bonchev–Trinajstić information content (AvgIpc) is 3.37. The molecule has 2 aromatic rings. The summed E-state index contributed by atoms with van der Waals surface area (Å²) in [6.45, 7) is 4.45. The summed E-state index contributed by atoms with van der Waals surface area (Å²) in [4.78, 5) is 0. The fraction of sp³-hybridized carbons (Fsp3) is 0.474. The second-order valence-corrected chi connectivity index (χ2v) is 6.60. The van der Waals surface area contributed by atoms with Crippen LogP contribution in [-0.4, -0.2) is 27.5 Å². The van der Waals surface area contributed by atoms with Gasteiger partial charge >= 0.3 is 0 Å². The molecule has 2 atom stereocenters. The average molecular weight is 324 g/mol. The normalized spacial score (nSPS) is 16.6. The molecule has 0 spiro atoms. The van der Waals surface area contributed by atoms with Gasteiger partial charge in [-0.2, -0.15) is 10.4 Å². The van der Waals surface area contributed by atoms with Crippen molar-refractivity contribution in [3.05, 3.63) is 47.3 Å². The predicted molar refractivity (Wildman–Crippen MR) is 92.8 cm³/mol. The lowest BCUT2D eigenvalue weighted by Crippen LogP contribution is -2.34. The van der Waals surface area contributed by atoms with Gasteiger partial charge in [0.05, 0.1) is 23.5 Å². The maximum Gasteiger partial charge on any atom is 0.0991 e. The molecule has 1 aromatic heterocycles. The van der Waals surface area contributed by atoms with Gasteiger partial charge in [0, 0.05) is 29.9 Å². The molecule has 0 saturated heterocycles. The molecule has 24 heavy (non-hydrogen) atoms. The number of hydrogen-bond donors (Lipinski definition) is 2. The van der Waals surface area contributed by atoms with E-state index in [1.54, 1.807) is 0 Å². The molecule has 1 aliphatic carbocycles. The molecule has 3 rings (SSSR count). The minimum absolute atomic E-state index is 0.189. The first kappa shape index (κ1) is 16.7. The van der Waals surface area contributed by atoms with Crippen molar-refractivity contribution in [2.45, 2.75) is 45.2 Å². The van der Waals surface area contributed by atoms with Gasteiger partial charge < -0.3 is 10.4 Å². The molecular formula is C19H24N4O. The maximum absolute atomic E-state index is 9.27. The molecule has 1 aromatic carbocycles. The van der Waals surface area contributed by atoms with Crippen LogP contribution in [0.15, 0.2) is 30.5 Å². The maximum atomic E-state index is 9.27. The van der Waals surface area contributed by atoms with E-state index in [9.17, 15) is 5.11 Å². The van der Waals surface area contributed by atoms with Gasteiger partial charge in [-0.1, -0.05) is 0 Å². The summed E-state index contributed by atoms with van der Waals surface area (Å²) in [6.07, 6.45) is 5.23. The third-order valence-corrected chi connectivity index (χ3v) is 4.85. The number of nitrogens with one attached hydrogen (secondary N) is 1. The summed E-state index contributed by atoms with van der Waals surface area (Å²) in [5, 5.41) is 26.4. The van der Waals surface area contributed by atoms with Crippen molar-refractivity contribution in [3.63, 3.8) is 0 Å². The zero-order valence-electron chi connectivity index (χ0n) is 14.2. The standard InChI is InChI=1S/C19H24N4O/c1-13(22-19(9-10-24)16-5-6-16)18-12-21-23(14(18)2)17-7-3-15(11-20)4-8-17/h3-4,7-8,12-13,16,19,22,24H,5-6,9-10H2,1-2H3. The first-order valence-corrected chi connectivity index (χ1v) is 8.56. The highest BCUT2D eigenvalue weighted by Gasteiger charge is 2.32. The Bertz CT molecular complexity index is 725. The lowest BCUT2D eigenvalue weighted by atomic mass is 10.0. The van der Waals surface area contributed by atoms with E-state index in [1.165, 1.54) is 18.4 Å². The fourth-order valence-electron chi connectivity index (χ4n) is 3.29. The van der Waals surface area contributed by atoms with Gasteiger partial charge in [0.1, 0.15) is 0 Å². The van der Waals surface area contributed by atoms with Crippen LogP contribution in [0, 0.1) is 24.2 Å². The topological polar surface area (TPSA) is 73.9 Å². The summed E-state index contributed by atoms with van der Waals surface area (Å²) in [7, 11) is 0. The molecule has 1 heterocycles. The third-order valence-electron chi connectivity index (χ3n) is 4.85. The predicted octanol–water partition coefficient (Wildman–Crippen LogP) is 2.86. The highest BCUT2D eigenvalue weighted by molar-refractivity contribution is 5.41. The molecule has 126 valence electrons. The second-order valence-electron chi connectivity index (χ2n) is 6.60. The lowest BCUT2D eigenvalue weighted by molar-refractivity contribution is 0.250. The van der Waals surface area contributed by atoms with Crippen LogP contribution in [0.1, 0.15) is 49.0 Å². The van der Waals surface area contributed by atoms with E-state index in [1.807, 2.05) is 35.1 Å². The number of benzene rings is 1. The van der Waals surface area contributed by atoms with Crippen molar-refractivity contribution in [2.75, 3.05) is 6.61 Å². The molecule has 2 N–H and O–H groups in total. The van der Waals surface area contributed by atoms with Crippen LogP contribution in [0.5, 0.6) is 0 Å². The van der Waals surface area contributed by atoms with E-state index in [0.29, 0.717) is 17.5 Å². The SMILES string of the molecule is Cc1c(C(C)NC(CCO)C2CC2)cnn1-c1ccc(C#N)cc1. The van der Waals surface area contributed by atoms with Crippen LogP contribution in [0.25, 0.3) is 5.69 Å². The Kier molecular flexibility index (Phi) is 4.98. The fourth-order valence-corrected chi connectivity index (χ4v) is 3.29. The zero-order valence-corrected chi connectivity index (χ0v) is 14.2. The monoisotopic (exact) mass is 324 g/mol. The first-order valence-electron chi connectivity index (χ1n) is 8.56. The number of nitriles is 1. The molecule has 0 aliphatic heterocycles. The van der Waals surface area contributed by atoms with Crippen molar-refractivity contribution < 1.29 is 5.11 Å². The van der Waals surface area contributed by atoms with E-state index >= 15 is 0 Å². The largest absolute Gasteiger partial charge is 0.396 e. The van der Waals surface area contributed by atoms with Gasteiger partial charge in [-0.3, -0.25) is 0 Å². The molecule has 5 heteroatoms. The summed E-state index contributed by atoms with van der Waals surface area (Å²) in [5.74, 6) is 0.702. The van der Waals surface area contributed by atoms with Crippen LogP contribution in [0.4, 0.5) is 0 Å². The van der Waals surface area contributed by atoms with Gasteiger partial charge in [0.2, 0.25) is 0 Å². The Morgan fingerprint density at radius 1 is 1.38 bits per heavy atom. The van der Waals surface area contributed by atoms with Crippen LogP contribution in [-0.2, 0) is 0 Å². The number of aliphatic hydroxyl groups is 1. The Labute approximate surface area is 142 Å². The molecule has 0 bridgehead atoms. The Morgan fingerprint density at radius 3 is 2.67 bits per heavy atom. The molecular weight excluding hydrogens is 300 g/mol. The van der Waals surface area contributed by atoms with Gasteiger partial charge in [-0.05, 0) is 63.3 Å². The Morgan fingerprint density at radius 2 is 2.08 bits per heavy atom. The van der Waals surface area contributed by atoms with Crippen molar-refractivity contribution in [3.8, 4) is 11.8 Å². The zero-order chi connectivity index (χ0) is 17.1. The number of nitrogens with zero attached hydrogens (tertiary/aromatic N) is 3. The van der Waals surface area contributed by atoms with Gasteiger partial charge in [0.25, 0.3) is 0 Å². The summed E-state index contributed by atoms with van der Waals surface area (Å²) in [6, 6.07) is 10.1. The summed E-state index contributed by atoms with van der Waals surface area (Å²) in [5.41, 5.74) is 3.87. The number of rotatable bonds is 7. The highest BCUT2D eigenvalue weighted by atomic mass is 16.3. The van der Waals surface area contributed by atoms with Gasteiger partial charge in [-0.15, -0.1) is 0 Å². The molecule has 1 aliphatic rings. The van der Waals surface area contributed by atoms with Crippen LogP contribution < -0.4 is 5.32 Å². The summed E-state index contributed by atoms with van der Waals surface area (Å²) >= 11 is 0. The summed E-state index contributed by atoms with van der Waals surface area (Å²) < 4.78 is 1.91. The van der Waals surface area contributed by atoms with Crippen LogP contribution in [0.3, 0.4) is 0 Å². The van der Waals surface area contributed by atoms with Gasteiger partial charge in [-0.25, -0.2) is 4.68 Å². The van der Waals surface area contributed by atoms with Crippen molar-refractivity contribution >= 4 is 0 Å². The number of hydrogen-bond acceptors (Lipinski definition) is 4.